The van der Waals surface area contributed by atoms with Crippen molar-refractivity contribution in [3.8, 4) is 0 Å². The lowest BCUT2D eigenvalue weighted by atomic mass is 9.89. The van der Waals surface area contributed by atoms with E-state index < -0.39 is 0 Å². The second kappa shape index (κ2) is 4.91. The summed E-state index contributed by atoms with van der Waals surface area (Å²) in [6.45, 7) is 1.48. The van der Waals surface area contributed by atoms with E-state index in [9.17, 15) is 4.79 Å². The summed E-state index contributed by atoms with van der Waals surface area (Å²) < 4.78 is 5.39. The summed E-state index contributed by atoms with van der Waals surface area (Å²) in [7, 11) is 0. The lowest BCUT2D eigenvalue weighted by Crippen LogP contribution is -2.27. The van der Waals surface area contributed by atoms with Crippen LogP contribution in [-0.4, -0.2) is 18.3 Å². The molecule has 0 bridgehead atoms. The first-order valence-corrected chi connectivity index (χ1v) is 6.79. The number of benzene rings is 1. The monoisotopic (exact) mass is 236 g/mol. The van der Waals surface area contributed by atoms with Crippen molar-refractivity contribution in [1.82, 2.24) is 0 Å². The Kier molecular flexibility index (Phi) is 3.54. The smallest absolute Gasteiger partial charge is 0.302 e. The van der Waals surface area contributed by atoms with Gasteiger partial charge in [0.1, 0.15) is 6.10 Å². The number of ether oxygens (including phenoxy) is 1. The van der Waals surface area contributed by atoms with Crippen LogP contribution in [0.1, 0.15) is 29.7 Å². The fourth-order valence-corrected chi connectivity index (χ4v) is 3.28. The van der Waals surface area contributed by atoms with E-state index in [0.29, 0.717) is 0 Å². The van der Waals surface area contributed by atoms with Gasteiger partial charge < -0.3 is 4.74 Å². The molecule has 1 aliphatic carbocycles. The van der Waals surface area contributed by atoms with Crippen molar-refractivity contribution in [1.29, 1.82) is 0 Å². The highest BCUT2D eigenvalue weighted by atomic mass is 32.2. The van der Waals surface area contributed by atoms with E-state index in [1.165, 1.54) is 18.1 Å². The van der Waals surface area contributed by atoms with Crippen LogP contribution in [0, 0.1) is 0 Å². The number of esters is 1. The number of thioether (sulfide) groups is 1. The number of fused-ring (bicyclic) bond motifs is 1. The van der Waals surface area contributed by atoms with E-state index in [1.807, 2.05) is 0 Å². The Morgan fingerprint density at radius 1 is 1.44 bits per heavy atom. The van der Waals surface area contributed by atoms with Crippen LogP contribution < -0.4 is 0 Å². The molecule has 16 heavy (non-hydrogen) atoms. The summed E-state index contributed by atoms with van der Waals surface area (Å²) in [4.78, 5) is 11.1. The molecule has 0 N–H and O–H groups in total. The molecule has 0 aliphatic heterocycles. The Morgan fingerprint density at radius 3 is 2.88 bits per heavy atom. The predicted octanol–water partition coefficient (Wildman–Crippen LogP) is 2.97. The first-order chi connectivity index (χ1) is 7.72. The van der Waals surface area contributed by atoms with E-state index >= 15 is 0 Å². The molecule has 0 fully saturated rings. The normalized spacial score (nSPS) is 23.6. The molecule has 2 atom stereocenters. The molecule has 0 spiro atoms. The molecule has 1 aliphatic rings. The zero-order chi connectivity index (χ0) is 11.5. The highest BCUT2D eigenvalue weighted by molar-refractivity contribution is 7.98. The van der Waals surface area contributed by atoms with Gasteiger partial charge in [0, 0.05) is 6.92 Å². The number of carbonyl (C=O) groups excluding carboxylic acids is 1. The molecular formula is C13H16O2S. The minimum atomic E-state index is -0.177. The Bertz CT molecular complexity index is 389. The number of aryl methyl sites for hydroxylation is 1. The van der Waals surface area contributed by atoms with Gasteiger partial charge in [0.05, 0.1) is 5.25 Å². The number of hydrogen-bond donors (Lipinski definition) is 0. The largest absolute Gasteiger partial charge is 0.461 e. The van der Waals surface area contributed by atoms with Crippen molar-refractivity contribution in [2.75, 3.05) is 6.26 Å². The molecule has 0 radical (unpaired) electrons. The predicted molar refractivity (Wildman–Crippen MR) is 66.6 cm³/mol. The van der Waals surface area contributed by atoms with E-state index in [0.717, 1.165) is 12.8 Å². The third-order valence-corrected chi connectivity index (χ3v) is 4.03. The van der Waals surface area contributed by atoms with Gasteiger partial charge in [0.25, 0.3) is 0 Å². The molecule has 0 heterocycles. The van der Waals surface area contributed by atoms with Gasteiger partial charge in [-0.3, -0.25) is 4.79 Å². The van der Waals surface area contributed by atoms with E-state index in [2.05, 4.69) is 30.5 Å². The Morgan fingerprint density at radius 2 is 2.19 bits per heavy atom. The lowest BCUT2D eigenvalue weighted by Gasteiger charge is -2.31. The molecule has 2 rings (SSSR count). The number of rotatable bonds is 2. The van der Waals surface area contributed by atoms with Gasteiger partial charge in [0.2, 0.25) is 0 Å². The Labute approximate surface area is 100 Å². The molecule has 1 aromatic rings. The fraction of sp³-hybridized carbons (Fsp3) is 0.462. The minimum Gasteiger partial charge on any atom is -0.461 e. The van der Waals surface area contributed by atoms with Crippen molar-refractivity contribution in [3.05, 3.63) is 35.4 Å². The SMILES string of the molecule is CS[C@H]1c2ccccc2CC[C@@H]1OC(C)=O. The van der Waals surface area contributed by atoms with Gasteiger partial charge in [-0.15, -0.1) is 0 Å². The third-order valence-electron chi connectivity index (χ3n) is 2.97. The summed E-state index contributed by atoms with van der Waals surface area (Å²) in [6.07, 6.45) is 4.04. The van der Waals surface area contributed by atoms with Crippen molar-refractivity contribution in [2.45, 2.75) is 31.1 Å². The number of hydrogen-bond acceptors (Lipinski definition) is 3. The quantitative estimate of drug-likeness (QED) is 0.738. The highest BCUT2D eigenvalue weighted by Gasteiger charge is 2.30. The minimum absolute atomic E-state index is 0.0300. The van der Waals surface area contributed by atoms with Crippen molar-refractivity contribution >= 4 is 17.7 Å². The third kappa shape index (κ3) is 2.24. The van der Waals surface area contributed by atoms with Crippen LogP contribution in [0.15, 0.2) is 24.3 Å². The standard InChI is InChI=1S/C13H16O2S/c1-9(14)15-12-8-7-10-5-3-4-6-11(10)13(12)16-2/h3-6,12-13H,7-8H2,1-2H3/t12-,13-/m0/s1. The molecule has 0 amide bonds. The van der Waals surface area contributed by atoms with Crippen molar-refractivity contribution < 1.29 is 9.53 Å². The molecule has 0 saturated carbocycles. The maximum atomic E-state index is 11.1. The summed E-state index contributed by atoms with van der Waals surface area (Å²) in [6, 6.07) is 8.44. The zero-order valence-corrected chi connectivity index (χ0v) is 10.4. The molecule has 0 unspecified atom stereocenters. The highest BCUT2D eigenvalue weighted by Crippen LogP contribution is 2.40. The van der Waals surface area contributed by atoms with Gasteiger partial charge in [-0.1, -0.05) is 24.3 Å². The van der Waals surface area contributed by atoms with Crippen LogP contribution in [-0.2, 0) is 16.0 Å². The van der Waals surface area contributed by atoms with E-state index in [1.54, 1.807) is 11.8 Å². The first kappa shape index (κ1) is 11.5. The summed E-state index contributed by atoms with van der Waals surface area (Å²) in [5.41, 5.74) is 2.72. The van der Waals surface area contributed by atoms with E-state index in [4.69, 9.17) is 4.74 Å². The van der Waals surface area contributed by atoms with Crippen molar-refractivity contribution in [2.24, 2.45) is 0 Å². The van der Waals surface area contributed by atoms with Crippen LogP contribution in [0.3, 0.4) is 0 Å². The van der Waals surface area contributed by atoms with Crippen molar-refractivity contribution in [3.63, 3.8) is 0 Å². The average molecular weight is 236 g/mol. The molecule has 3 heteroatoms. The molecule has 0 saturated heterocycles. The van der Waals surface area contributed by atoms with Gasteiger partial charge in [-0.2, -0.15) is 11.8 Å². The van der Waals surface area contributed by atoms with Gasteiger partial charge in [-0.05, 0) is 30.2 Å². The molecule has 1 aromatic carbocycles. The fourth-order valence-electron chi connectivity index (χ4n) is 2.30. The summed E-state index contributed by atoms with van der Waals surface area (Å²) in [5, 5.41) is 0.286. The van der Waals surface area contributed by atoms with Gasteiger partial charge in [-0.25, -0.2) is 0 Å². The summed E-state index contributed by atoms with van der Waals surface area (Å²) >= 11 is 1.76. The van der Waals surface area contributed by atoms with Crippen LogP contribution in [0.5, 0.6) is 0 Å². The molecular weight excluding hydrogens is 220 g/mol. The van der Waals surface area contributed by atoms with Crippen LogP contribution >= 0.6 is 11.8 Å². The first-order valence-electron chi connectivity index (χ1n) is 5.50. The van der Waals surface area contributed by atoms with Crippen LogP contribution in [0.2, 0.25) is 0 Å². The Hall–Kier alpha value is -0.960. The average Bonchev–Trinajstić information content (AvgIpc) is 2.28. The molecule has 86 valence electrons. The topological polar surface area (TPSA) is 26.3 Å². The maximum Gasteiger partial charge on any atom is 0.302 e. The molecule has 2 nitrogen and oxygen atoms in total. The van der Waals surface area contributed by atoms with E-state index in [-0.39, 0.29) is 17.3 Å². The van der Waals surface area contributed by atoms with Crippen LogP contribution in [0.4, 0.5) is 0 Å². The lowest BCUT2D eigenvalue weighted by molar-refractivity contribution is -0.146. The second-order valence-electron chi connectivity index (χ2n) is 4.04. The number of carbonyl (C=O) groups is 1. The van der Waals surface area contributed by atoms with Crippen LogP contribution in [0.25, 0.3) is 0 Å². The van der Waals surface area contributed by atoms with Gasteiger partial charge >= 0.3 is 5.97 Å². The zero-order valence-electron chi connectivity index (χ0n) is 9.60. The summed E-state index contributed by atoms with van der Waals surface area (Å²) in [5.74, 6) is -0.177. The maximum absolute atomic E-state index is 11.1. The second-order valence-corrected chi connectivity index (χ2v) is 5.02. The van der Waals surface area contributed by atoms with Gasteiger partial charge in [0.15, 0.2) is 0 Å². The Balaban J connectivity index is 2.26. The molecule has 0 aromatic heterocycles.